The van der Waals surface area contributed by atoms with Crippen molar-refractivity contribution >= 4 is 23.7 Å². The number of nitrogens with one attached hydrogen (secondary N) is 2. The number of fused-ring (bicyclic) bond motifs is 3. The Hall–Kier alpha value is -4.17. The van der Waals surface area contributed by atoms with E-state index in [0.29, 0.717) is 0 Å². The molecule has 0 bridgehead atoms. The molecule has 8 nitrogen and oxygen atoms in total. The number of aryl methyl sites for hydroxylation is 1. The molecule has 4 N–H and O–H groups in total. The summed E-state index contributed by atoms with van der Waals surface area (Å²) in [4.78, 5) is 35.9. The predicted octanol–water partition coefficient (Wildman–Crippen LogP) is 3.92. The van der Waals surface area contributed by atoms with E-state index in [0.717, 1.165) is 27.8 Å². The average molecular weight is 475 g/mol. The number of carbonyl (C=O) groups is 3. The van der Waals surface area contributed by atoms with Gasteiger partial charge in [0.25, 0.3) is 0 Å². The van der Waals surface area contributed by atoms with Gasteiger partial charge in [0.1, 0.15) is 6.61 Å². The Bertz CT molecular complexity index is 1230. The smallest absolute Gasteiger partial charge is 0.407 e. The van der Waals surface area contributed by atoms with Gasteiger partial charge in [0.05, 0.1) is 23.8 Å². The maximum Gasteiger partial charge on any atom is 0.407 e. The van der Waals surface area contributed by atoms with E-state index in [4.69, 9.17) is 4.74 Å². The summed E-state index contributed by atoms with van der Waals surface area (Å²) >= 11 is 0. The monoisotopic (exact) mass is 474 g/mol. The Morgan fingerprint density at radius 2 is 1.60 bits per heavy atom. The van der Waals surface area contributed by atoms with Crippen LogP contribution in [-0.2, 0) is 9.53 Å². The van der Waals surface area contributed by atoms with Crippen LogP contribution in [0, 0.1) is 6.92 Å². The van der Waals surface area contributed by atoms with Crippen molar-refractivity contribution in [3.63, 3.8) is 0 Å². The van der Waals surface area contributed by atoms with Gasteiger partial charge in [0.15, 0.2) is 0 Å². The molecule has 0 spiro atoms. The average Bonchev–Trinajstić information content (AvgIpc) is 3.16. The van der Waals surface area contributed by atoms with Crippen LogP contribution in [0.1, 0.15) is 39.4 Å². The second-order valence-electron chi connectivity index (χ2n) is 8.47. The standard InChI is InChI=1S/C27H26N2O6/c1-16-10-11-24(22(12-16)26(32)33)29-25(31)13-17(30)14-28-27(34)35-15-23-20-8-4-2-6-18(20)19-7-3-5-9-21(19)23/h2-12,17,23,30H,13-15H2,1H3,(H,28,34)(H,29,31)(H,32,33). The zero-order valence-corrected chi connectivity index (χ0v) is 19.2. The third-order valence-electron chi connectivity index (χ3n) is 5.93. The van der Waals surface area contributed by atoms with Crippen LogP contribution in [-0.4, -0.2) is 47.4 Å². The van der Waals surface area contributed by atoms with E-state index in [1.54, 1.807) is 13.0 Å². The molecule has 4 rings (SSSR count). The van der Waals surface area contributed by atoms with Crippen LogP contribution in [0.3, 0.4) is 0 Å². The number of carboxylic acid groups (broad SMARTS) is 1. The van der Waals surface area contributed by atoms with Crippen LogP contribution >= 0.6 is 0 Å². The normalized spacial score (nSPS) is 12.9. The summed E-state index contributed by atoms with van der Waals surface area (Å²) in [5.41, 5.74) is 5.28. The number of carbonyl (C=O) groups excluding carboxylic acids is 2. The lowest BCUT2D eigenvalue weighted by Crippen LogP contribution is -2.35. The van der Waals surface area contributed by atoms with Crippen molar-refractivity contribution in [2.75, 3.05) is 18.5 Å². The first kappa shape index (κ1) is 24.0. The lowest BCUT2D eigenvalue weighted by molar-refractivity contribution is -0.118. The summed E-state index contributed by atoms with van der Waals surface area (Å²) in [6.07, 6.45) is -2.19. The molecule has 0 radical (unpaired) electrons. The molecule has 1 aliphatic carbocycles. The van der Waals surface area contributed by atoms with E-state index in [1.807, 2.05) is 48.5 Å². The van der Waals surface area contributed by atoms with E-state index in [9.17, 15) is 24.6 Å². The highest BCUT2D eigenvalue weighted by Crippen LogP contribution is 2.44. The number of hydrogen-bond acceptors (Lipinski definition) is 5. The Kier molecular flexibility index (Phi) is 7.12. The van der Waals surface area contributed by atoms with Crippen molar-refractivity contribution in [3.8, 4) is 11.1 Å². The minimum Gasteiger partial charge on any atom is -0.478 e. The van der Waals surface area contributed by atoms with Crippen LogP contribution in [0.4, 0.5) is 10.5 Å². The topological polar surface area (TPSA) is 125 Å². The second-order valence-corrected chi connectivity index (χ2v) is 8.47. The maximum absolute atomic E-state index is 12.3. The second kappa shape index (κ2) is 10.4. The van der Waals surface area contributed by atoms with Crippen molar-refractivity contribution in [3.05, 3.63) is 89.0 Å². The zero-order valence-electron chi connectivity index (χ0n) is 19.2. The molecule has 1 aliphatic rings. The molecule has 3 aromatic rings. The number of hydrogen-bond donors (Lipinski definition) is 4. The number of anilines is 1. The van der Waals surface area contributed by atoms with Gasteiger partial charge in [-0.1, -0.05) is 60.2 Å². The molecule has 35 heavy (non-hydrogen) atoms. The van der Waals surface area contributed by atoms with E-state index in [-0.39, 0.29) is 36.7 Å². The maximum atomic E-state index is 12.3. The minimum atomic E-state index is -1.17. The van der Waals surface area contributed by atoms with Crippen molar-refractivity contribution in [1.29, 1.82) is 0 Å². The molecule has 0 saturated heterocycles. The highest BCUT2D eigenvalue weighted by molar-refractivity contribution is 6.00. The van der Waals surface area contributed by atoms with Gasteiger partial charge < -0.3 is 25.6 Å². The fourth-order valence-electron chi connectivity index (χ4n) is 4.28. The number of amides is 2. The predicted molar refractivity (Wildman–Crippen MR) is 130 cm³/mol. The molecule has 1 unspecified atom stereocenters. The molecule has 0 saturated carbocycles. The first-order chi connectivity index (χ1) is 16.8. The first-order valence-electron chi connectivity index (χ1n) is 11.2. The summed E-state index contributed by atoms with van der Waals surface area (Å²) < 4.78 is 5.42. The molecule has 1 atom stereocenters. The van der Waals surface area contributed by atoms with Gasteiger partial charge in [0.2, 0.25) is 5.91 Å². The number of aliphatic hydroxyl groups excluding tert-OH is 1. The number of carboxylic acids is 1. The highest BCUT2D eigenvalue weighted by Gasteiger charge is 2.29. The number of aliphatic hydroxyl groups is 1. The molecule has 3 aromatic carbocycles. The van der Waals surface area contributed by atoms with Crippen LogP contribution in [0.15, 0.2) is 66.7 Å². The molecular weight excluding hydrogens is 448 g/mol. The van der Waals surface area contributed by atoms with Gasteiger partial charge in [0, 0.05) is 12.5 Å². The molecule has 2 amide bonds. The summed E-state index contributed by atoms with van der Waals surface area (Å²) in [6.45, 7) is 1.70. The highest BCUT2D eigenvalue weighted by atomic mass is 16.5. The number of rotatable bonds is 8. The zero-order chi connectivity index (χ0) is 24.9. The van der Waals surface area contributed by atoms with E-state index in [2.05, 4.69) is 10.6 Å². The van der Waals surface area contributed by atoms with Crippen LogP contribution < -0.4 is 10.6 Å². The molecule has 0 fully saturated rings. The summed E-state index contributed by atoms with van der Waals surface area (Å²) in [7, 11) is 0. The molecule has 0 heterocycles. The van der Waals surface area contributed by atoms with Crippen molar-refractivity contribution in [2.24, 2.45) is 0 Å². The number of ether oxygens (including phenoxy) is 1. The third kappa shape index (κ3) is 5.50. The number of alkyl carbamates (subject to hydrolysis) is 1. The lowest BCUT2D eigenvalue weighted by Gasteiger charge is -2.16. The lowest BCUT2D eigenvalue weighted by atomic mass is 9.98. The number of benzene rings is 3. The Labute approximate surface area is 202 Å². The van der Waals surface area contributed by atoms with Crippen molar-refractivity contribution < 1.29 is 29.3 Å². The fraction of sp³-hybridized carbons (Fsp3) is 0.222. The van der Waals surface area contributed by atoms with E-state index in [1.165, 1.54) is 12.1 Å². The van der Waals surface area contributed by atoms with Crippen LogP contribution in [0.2, 0.25) is 0 Å². The van der Waals surface area contributed by atoms with E-state index < -0.39 is 24.1 Å². The quantitative estimate of drug-likeness (QED) is 0.392. The van der Waals surface area contributed by atoms with Gasteiger partial charge in [-0.2, -0.15) is 0 Å². The molecular formula is C27H26N2O6. The fourth-order valence-corrected chi connectivity index (χ4v) is 4.28. The molecule has 180 valence electrons. The largest absolute Gasteiger partial charge is 0.478 e. The van der Waals surface area contributed by atoms with E-state index >= 15 is 0 Å². The summed E-state index contributed by atoms with van der Waals surface area (Å²) in [5.74, 6) is -1.82. The summed E-state index contributed by atoms with van der Waals surface area (Å²) in [5, 5.41) is 24.4. The van der Waals surface area contributed by atoms with Gasteiger partial charge in [-0.25, -0.2) is 9.59 Å². The third-order valence-corrected chi connectivity index (χ3v) is 5.93. The van der Waals surface area contributed by atoms with Gasteiger partial charge in [-0.3, -0.25) is 4.79 Å². The Morgan fingerprint density at radius 1 is 0.971 bits per heavy atom. The summed E-state index contributed by atoms with van der Waals surface area (Å²) in [6, 6.07) is 20.6. The first-order valence-corrected chi connectivity index (χ1v) is 11.2. The van der Waals surface area contributed by atoms with Gasteiger partial charge in [-0.05, 0) is 41.3 Å². The SMILES string of the molecule is Cc1ccc(NC(=O)CC(O)CNC(=O)OCC2c3ccccc3-c3ccccc32)c(C(=O)O)c1. The van der Waals surface area contributed by atoms with Crippen molar-refractivity contribution in [2.45, 2.75) is 25.4 Å². The van der Waals surface area contributed by atoms with Crippen LogP contribution in [0.5, 0.6) is 0 Å². The number of aromatic carboxylic acids is 1. The Balaban J connectivity index is 1.27. The van der Waals surface area contributed by atoms with Gasteiger partial charge in [-0.15, -0.1) is 0 Å². The minimum absolute atomic E-state index is 0.0374. The Morgan fingerprint density at radius 3 is 2.23 bits per heavy atom. The van der Waals surface area contributed by atoms with Gasteiger partial charge >= 0.3 is 12.1 Å². The molecule has 8 heteroatoms. The van der Waals surface area contributed by atoms with Crippen molar-refractivity contribution in [1.82, 2.24) is 5.32 Å². The molecule has 0 aliphatic heterocycles. The molecule has 0 aromatic heterocycles. The van der Waals surface area contributed by atoms with Crippen LogP contribution in [0.25, 0.3) is 11.1 Å².